The lowest BCUT2D eigenvalue weighted by Gasteiger charge is -2.34. The molecule has 1 aliphatic heterocycles. The highest BCUT2D eigenvalue weighted by Gasteiger charge is 2.31. The van der Waals surface area contributed by atoms with E-state index in [0.717, 1.165) is 33.8 Å². The third-order valence-corrected chi connectivity index (χ3v) is 6.56. The Kier molecular flexibility index (Phi) is 5.78. The lowest BCUT2D eigenvalue weighted by molar-refractivity contribution is -0.131. The van der Waals surface area contributed by atoms with Gasteiger partial charge in [-0.3, -0.25) is 4.79 Å². The molecule has 0 aliphatic carbocycles. The van der Waals surface area contributed by atoms with Gasteiger partial charge in [-0.05, 0) is 45.4 Å². The molecular weight excluding hydrogens is 449 g/mol. The smallest absolute Gasteiger partial charge is 0.243 e. The number of hydrogen-bond donors (Lipinski definition) is 2. The number of aromatic nitrogens is 6. The minimum atomic E-state index is -1.20. The van der Waals surface area contributed by atoms with Crippen molar-refractivity contribution in [3.05, 3.63) is 30.2 Å². The van der Waals surface area contributed by atoms with Crippen LogP contribution in [-0.2, 0) is 4.79 Å². The van der Waals surface area contributed by atoms with E-state index in [9.17, 15) is 9.18 Å². The Morgan fingerprint density at radius 1 is 1.20 bits per heavy atom. The maximum Gasteiger partial charge on any atom is 0.243 e. The molecule has 2 N–H and O–H groups in total. The second-order valence-corrected chi connectivity index (χ2v) is 9.24. The molecule has 0 spiro atoms. The number of carbonyl (C=O) groups is 1. The van der Waals surface area contributed by atoms with Gasteiger partial charge in [0.25, 0.3) is 0 Å². The normalized spacial score (nSPS) is 18.5. The van der Waals surface area contributed by atoms with Gasteiger partial charge >= 0.3 is 0 Å². The quantitative estimate of drug-likeness (QED) is 0.452. The molecule has 35 heavy (non-hydrogen) atoms. The summed E-state index contributed by atoms with van der Waals surface area (Å²) in [6.07, 6.45) is 1.14. The number of fused-ring (bicyclic) bond motifs is 2. The first kappa shape index (κ1) is 23.0. The third-order valence-electron chi connectivity index (χ3n) is 6.56. The number of aryl methyl sites for hydroxylation is 1. The average molecular weight is 480 g/mol. The molecule has 4 aromatic rings. The lowest BCUT2D eigenvalue weighted by atomic mass is 10.0. The van der Waals surface area contributed by atoms with E-state index in [1.165, 1.54) is 11.8 Å². The van der Waals surface area contributed by atoms with Crippen molar-refractivity contribution >= 4 is 34.4 Å². The Balaban J connectivity index is 1.50. The Bertz CT molecular complexity index is 1410. The monoisotopic (exact) mass is 479 g/mol. The van der Waals surface area contributed by atoms with E-state index in [-0.39, 0.29) is 18.5 Å². The maximum absolute atomic E-state index is 14.7. The number of nitrogens with one attached hydrogen (secondary N) is 2. The second kappa shape index (κ2) is 8.79. The van der Waals surface area contributed by atoms with Crippen LogP contribution in [0.25, 0.3) is 27.9 Å². The first-order valence-electron chi connectivity index (χ1n) is 11.9. The molecule has 0 radical (unpaired) electrons. The summed E-state index contributed by atoms with van der Waals surface area (Å²) in [6, 6.07) is 5.66. The van der Waals surface area contributed by atoms with Gasteiger partial charge in [-0.2, -0.15) is 4.98 Å². The number of alkyl halides is 1. The molecule has 184 valence electrons. The van der Waals surface area contributed by atoms with Crippen LogP contribution in [0.5, 0.6) is 0 Å². The number of rotatable bonds is 5. The summed E-state index contributed by atoms with van der Waals surface area (Å²) in [5.74, 6) is 1.75. The number of hydrogen-bond acceptors (Lipinski definition) is 7. The van der Waals surface area contributed by atoms with Crippen molar-refractivity contribution in [2.45, 2.75) is 52.4 Å². The van der Waals surface area contributed by atoms with E-state index in [2.05, 4.69) is 44.1 Å². The average Bonchev–Trinajstić information content (AvgIpc) is 3.39. The first-order valence-corrected chi connectivity index (χ1v) is 11.9. The number of nitrogens with zero attached hydrogens (tertiary/aromatic N) is 7. The highest BCUT2D eigenvalue weighted by atomic mass is 19.1. The van der Waals surface area contributed by atoms with Crippen LogP contribution in [0.4, 0.5) is 16.2 Å². The fourth-order valence-electron chi connectivity index (χ4n) is 4.84. The SMILES string of the molecule is CNc1nc(NC2CCN(C(C)=O)CC2F)nn2ccc(-c3ccc4nc(C)n(C(C)C)c4n3)c12. The Morgan fingerprint density at radius 2 is 2.00 bits per heavy atom. The van der Waals surface area contributed by atoms with Gasteiger partial charge in [-0.25, -0.2) is 18.9 Å². The first-order chi connectivity index (χ1) is 16.8. The van der Waals surface area contributed by atoms with Crippen LogP contribution in [0.15, 0.2) is 24.4 Å². The number of pyridine rings is 1. The van der Waals surface area contributed by atoms with Crippen molar-refractivity contribution in [3.8, 4) is 11.3 Å². The molecule has 0 saturated carbocycles. The molecule has 0 bridgehead atoms. The van der Waals surface area contributed by atoms with Crippen molar-refractivity contribution < 1.29 is 9.18 Å². The van der Waals surface area contributed by atoms with Gasteiger partial charge in [-0.15, -0.1) is 5.10 Å². The van der Waals surface area contributed by atoms with Crippen LogP contribution < -0.4 is 10.6 Å². The van der Waals surface area contributed by atoms with Gasteiger partial charge in [0, 0.05) is 38.3 Å². The predicted octanol–water partition coefficient (Wildman–Crippen LogP) is 3.44. The Labute approximate surface area is 202 Å². The van der Waals surface area contributed by atoms with Crippen molar-refractivity contribution in [1.82, 2.24) is 34.0 Å². The van der Waals surface area contributed by atoms with Gasteiger partial charge in [0.05, 0.1) is 18.3 Å². The molecular formula is C24H30FN9O. The molecule has 1 aliphatic rings. The van der Waals surface area contributed by atoms with E-state index in [1.807, 2.05) is 31.3 Å². The maximum atomic E-state index is 14.7. The van der Waals surface area contributed by atoms with Gasteiger partial charge in [0.1, 0.15) is 23.0 Å². The summed E-state index contributed by atoms with van der Waals surface area (Å²) in [6.45, 7) is 8.26. The number of amides is 1. The van der Waals surface area contributed by atoms with Crippen LogP contribution >= 0.6 is 0 Å². The predicted molar refractivity (Wildman–Crippen MR) is 133 cm³/mol. The van der Waals surface area contributed by atoms with Gasteiger partial charge in [0.2, 0.25) is 11.9 Å². The lowest BCUT2D eigenvalue weighted by Crippen LogP contribution is -2.49. The minimum Gasteiger partial charge on any atom is -0.371 e. The number of imidazole rings is 1. The Morgan fingerprint density at radius 3 is 2.69 bits per heavy atom. The zero-order valence-corrected chi connectivity index (χ0v) is 20.6. The van der Waals surface area contributed by atoms with Crippen molar-refractivity contribution in [2.75, 3.05) is 30.8 Å². The molecule has 4 aromatic heterocycles. The standard InChI is InChI=1S/C24H30FN9O/c1-13(2)34-14(3)27-20-7-6-18(28-23(20)34)16-8-11-33-21(16)22(26-5)30-24(31-33)29-19-9-10-32(15(4)35)12-17(19)25/h6-8,11,13,17,19H,9-10,12H2,1-5H3,(H2,26,29,30,31). The molecule has 1 fully saturated rings. The highest BCUT2D eigenvalue weighted by Crippen LogP contribution is 2.31. The summed E-state index contributed by atoms with van der Waals surface area (Å²) >= 11 is 0. The zero-order chi connectivity index (χ0) is 24.9. The van der Waals surface area contributed by atoms with Crippen LogP contribution in [0.1, 0.15) is 39.1 Å². The number of anilines is 2. The molecule has 1 amide bonds. The molecule has 2 atom stereocenters. The van der Waals surface area contributed by atoms with E-state index in [4.69, 9.17) is 4.98 Å². The molecule has 10 nitrogen and oxygen atoms in total. The van der Waals surface area contributed by atoms with E-state index < -0.39 is 12.2 Å². The molecule has 5 heterocycles. The zero-order valence-electron chi connectivity index (χ0n) is 20.6. The van der Waals surface area contributed by atoms with Crippen LogP contribution in [0, 0.1) is 6.92 Å². The molecule has 5 rings (SSSR count). The summed E-state index contributed by atoms with van der Waals surface area (Å²) in [5, 5.41) is 10.9. The van der Waals surface area contributed by atoms with Crippen LogP contribution in [0.3, 0.4) is 0 Å². The minimum absolute atomic E-state index is 0.0718. The summed E-state index contributed by atoms with van der Waals surface area (Å²) in [4.78, 5) is 27.3. The van der Waals surface area contributed by atoms with Crippen LogP contribution in [0.2, 0.25) is 0 Å². The molecule has 1 saturated heterocycles. The second-order valence-electron chi connectivity index (χ2n) is 9.24. The number of likely N-dealkylation sites (tertiary alicyclic amines) is 1. The van der Waals surface area contributed by atoms with Crippen molar-refractivity contribution in [1.29, 1.82) is 0 Å². The molecule has 11 heteroatoms. The van der Waals surface area contributed by atoms with Gasteiger partial charge in [-0.1, -0.05) is 0 Å². The van der Waals surface area contributed by atoms with Gasteiger partial charge in [0.15, 0.2) is 11.5 Å². The van der Waals surface area contributed by atoms with Crippen molar-refractivity contribution in [3.63, 3.8) is 0 Å². The largest absolute Gasteiger partial charge is 0.371 e. The fourth-order valence-corrected chi connectivity index (χ4v) is 4.84. The number of carbonyl (C=O) groups excluding carboxylic acids is 1. The molecule has 2 unspecified atom stereocenters. The summed E-state index contributed by atoms with van der Waals surface area (Å²) in [5.41, 5.74) is 4.15. The number of piperidine rings is 1. The Hall–Kier alpha value is -3.76. The van der Waals surface area contributed by atoms with E-state index >= 15 is 0 Å². The molecule has 0 aromatic carbocycles. The number of halogens is 1. The van der Waals surface area contributed by atoms with Gasteiger partial charge < -0.3 is 20.1 Å². The van der Waals surface area contributed by atoms with Crippen molar-refractivity contribution in [2.24, 2.45) is 0 Å². The van der Waals surface area contributed by atoms with E-state index in [0.29, 0.717) is 24.7 Å². The highest BCUT2D eigenvalue weighted by molar-refractivity contribution is 5.89. The third kappa shape index (κ3) is 4.04. The van der Waals surface area contributed by atoms with Crippen LogP contribution in [-0.4, -0.2) is 72.3 Å². The summed E-state index contributed by atoms with van der Waals surface area (Å²) in [7, 11) is 1.79. The van der Waals surface area contributed by atoms with E-state index in [1.54, 1.807) is 11.6 Å². The summed E-state index contributed by atoms with van der Waals surface area (Å²) < 4.78 is 18.6. The topological polar surface area (TPSA) is 105 Å². The fraction of sp³-hybridized carbons (Fsp3) is 0.458.